The number of esters is 1. The van der Waals surface area contributed by atoms with Crippen LogP contribution in [0.1, 0.15) is 57.4 Å². The molecule has 2 aromatic rings. The molecular weight excluding hydrogens is 558 g/mol. The van der Waals surface area contributed by atoms with Gasteiger partial charge in [-0.3, -0.25) is 0 Å². The van der Waals surface area contributed by atoms with Gasteiger partial charge in [-0.1, -0.05) is 45.5 Å². The summed E-state index contributed by atoms with van der Waals surface area (Å²) in [7, 11) is 0. The highest BCUT2D eigenvalue weighted by atomic mass is 16.8. The van der Waals surface area contributed by atoms with Crippen LogP contribution < -0.4 is 10.9 Å². The molecule has 1 aromatic carbocycles. The lowest BCUT2D eigenvalue weighted by molar-refractivity contribution is -0.520. The number of anilines is 1. The van der Waals surface area contributed by atoms with Crippen LogP contribution in [0.5, 0.6) is 0 Å². The second-order valence-electron chi connectivity index (χ2n) is 13.6. The Labute approximate surface area is 248 Å². The number of rotatable bonds is 6. The van der Waals surface area contributed by atoms with Gasteiger partial charge in [-0.05, 0) is 55.5 Å². The van der Waals surface area contributed by atoms with E-state index in [1.165, 1.54) is 13.0 Å². The second-order valence-corrected chi connectivity index (χ2v) is 13.6. The van der Waals surface area contributed by atoms with Crippen molar-refractivity contribution in [3.8, 4) is 0 Å². The number of aromatic nitrogens is 1. The highest BCUT2D eigenvalue weighted by Crippen LogP contribution is 2.84. The van der Waals surface area contributed by atoms with Crippen molar-refractivity contribution < 1.29 is 44.5 Å². The largest absolute Gasteiger partial charge is 0.450 e. The van der Waals surface area contributed by atoms with Crippen molar-refractivity contribution >= 4 is 11.7 Å². The van der Waals surface area contributed by atoms with Gasteiger partial charge in [0.1, 0.15) is 28.4 Å². The number of aliphatic hydroxyl groups is 5. The fraction of sp³-hybridized carbons (Fsp3) is 0.581. The summed E-state index contributed by atoms with van der Waals surface area (Å²) < 4.78 is 19.3. The first-order chi connectivity index (χ1) is 20.1. The lowest BCUT2D eigenvalue weighted by Gasteiger charge is -2.75. The maximum absolute atomic E-state index is 13.7. The number of hydrazine groups is 1. The number of para-hydroxylation sites is 1. The van der Waals surface area contributed by atoms with Crippen LogP contribution in [0.4, 0.5) is 5.69 Å². The number of carbonyl (C=O) groups excluding carboxylic acids is 1. The molecule has 12 heteroatoms. The predicted octanol–water partition coefficient (Wildman–Crippen LogP) is 1.29. The number of aliphatic hydroxyl groups excluding tert-OH is 1. The van der Waals surface area contributed by atoms with Gasteiger partial charge in [0.2, 0.25) is 5.79 Å². The molecule has 0 amide bonds. The highest BCUT2D eigenvalue weighted by Gasteiger charge is 3.04. The highest BCUT2D eigenvalue weighted by molar-refractivity contribution is 5.87. The van der Waals surface area contributed by atoms with Crippen molar-refractivity contribution in [1.29, 1.82) is 0 Å². The minimum atomic E-state index is -2.75. The summed E-state index contributed by atoms with van der Waals surface area (Å²) in [6.45, 7) is 10.3. The topological polar surface area (TPSA) is 186 Å². The van der Waals surface area contributed by atoms with Crippen molar-refractivity contribution in [2.75, 3.05) is 5.43 Å². The molecule has 5 bridgehead atoms. The molecule has 1 spiro atoms. The summed E-state index contributed by atoms with van der Waals surface area (Å²) in [6.07, 6.45) is -2.03. The number of aromatic amines is 1. The minimum absolute atomic E-state index is 0.0383. The van der Waals surface area contributed by atoms with Crippen molar-refractivity contribution in [2.24, 2.45) is 16.7 Å². The zero-order valence-corrected chi connectivity index (χ0v) is 24.5. The Morgan fingerprint density at radius 1 is 1.09 bits per heavy atom. The quantitative estimate of drug-likeness (QED) is 0.136. The fourth-order valence-corrected chi connectivity index (χ4v) is 9.44. The van der Waals surface area contributed by atoms with Crippen LogP contribution in [-0.4, -0.2) is 82.8 Å². The Kier molecular flexibility index (Phi) is 5.56. The van der Waals surface area contributed by atoms with Gasteiger partial charge >= 0.3 is 5.97 Å². The normalized spacial score (nSPS) is 49.3. The van der Waals surface area contributed by atoms with Crippen LogP contribution in [0.15, 0.2) is 60.8 Å². The first-order valence-corrected chi connectivity index (χ1v) is 14.6. The third kappa shape index (κ3) is 2.72. The van der Waals surface area contributed by atoms with Gasteiger partial charge in [-0.25, -0.2) is 10.2 Å². The van der Waals surface area contributed by atoms with E-state index in [-0.39, 0.29) is 30.5 Å². The predicted molar refractivity (Wildman–Crippen MR) is 151 cm³/mol. The van der Waals surface area contributed by atoms with Crippen molar-refractivity contribution in [3.05, 3.63) is 66.5 Å². The van der Waals surface area contributed by atoms with E-state index in [0.29, 0.717) is 5.69 Å². The molecule has 7 rings (SSSR count). The number of benzene rings is 1. The van der Waals surface area contributed by atoms with E-state index in [9.17, 15) is 30.3 Å². The summed E-state index contributed by atoms with van der Waals surface area (Å²) in [6, 6.07) is 12.1. The zero-order valence-electron chi connectivity index (χ0n) is 24.5. The number of H-pyrrole nitrogens is 1. The number of carbonyl (C=O) groups is 1. The number of fused-ring (bicyclic) bond motifs is 4. The van der Waals surface area contributed by atoms with Gasteiger partial charge in [0.05, 0.1) is 5.41 Å². The van der Waals surface area contributed by atoms with Crippen LogP contribution in [0.25, 0.3) is 0 Å². The number of hydrogen-bond donors (Lipinski definition) is 8. The lowest BCUT2D eigenvalue weighted by Crippen LogP contribution is -2.96. The second kappa shape index (κ2) is 8.26. The van der Waals surface area contributed by atoms with Gasteiger partial charge in [0, 0.05) is 18.3 Å². The van der Waals surface area contributed by atoms with Gasteiger partial charge < -0.3 is 50.2 Å². The van der Waals surface area contributed by atoms with Gasteiger partial charge in [-0.2, -0.15) is 0 Å². The van der Waals surface area contributed by atoms with E-state index >= 15 is 0 Å². The summed E-state index contributed by atoms with van der Waals surface area (Å²) in [5.41, 5.74) is -5.62. The van der Waals surface area contributed by atoms with E-state index in [4.69, 9.17) is 14.2 Å². The first kappa shape index (κ1) is 28.9. The Morgan fingerprint density at radius 3 is 2.42 bits per heavy atom. The minimum Gasteiger partial charge on any atom is -0.450 e. The molecule has 1 aliphatic carbocycles. The number of hydrogen-bond acceptors (Lipinski definition) is 11. The number of ether oxygens (including phenoxy) is 3. The Hall–Kier alpha value is -2.81. The molecule has 8 N–H and O–H groups in total. The first-order valence-electron chi connectivity index (χ1n) is 14.6. The Balaban J connectivity index is 1.55. The van der Waals surface area contributed by atoms with Gasteiger partial charge in [0.25, 0.3) is 0 Å². The smallest absolute Gasteiger partial charge is 0.355 e. The zero-order chi connectivity index (χ0) is 31.1. The van der Waals surface area contributed by atoms with E-state index in [1.54, 1.807) is 57.3 Å². The maximum Gasteiger partial charge on any atom is 0.355 e. The average Bonchev–Trinajstić information content (AvgIpc) is 3.53. The van der Waals surface area contributed by atoms with Gasteiger partial charge in [0.15, 0.2) is 23.2 Å². The lowest BCUT2D eigenvalue weighted by atomic mass is 9.43. The fourth-order valence-electron chi connectivity index (χ4n) is 9.44. The van der Waals surface area contributed by atoms with Crippen molar-refractivity contribution in [2.45, 2.75) is 93.3 Å². The van der Waals surface area contributed by atoms with E-state index < -0.39 is 69.0 Å². The molecule has 232 valence electrons. The molecule has 0 radical (unpaired) electrons. The molecule has 5 heterocycles. The molecule has 10 atom stereocenters. The summed E-state index contributed by atoms with van der Waals surface area (Å²) >= 11 is 0. The molecule has 4 aliphatic heterocycles. The third-order valence-electron chi connectivity index (χ3n) is 11.8. The summed E-state index contributed by atoms with van der Waals surface area (Å²) in [5, 5.41) is 63.4. The van der Waals surface area contributed by atoms with Crippen LogP contribution in [-0.2, 0) is 14.2 Å². The molecule has 5 aliphatic rings. The Bertz CT molecular complexity index is 1500. The molecular formula is C31H39N3O9. The number of nitrogens with one attached hydrogen (secondary N) is 3. The standard InChI is InChI=1S/C31H39N3O9/c1-17(2)28(39)23(41-22(36)20-12-9-15-32-20)30(34-33-19-10-7-6-8-11-19)24(4)16-27(38)25(28,5)31(40,43-30)29(42-27)21(35)18(3)13-14-26(24,29)37/h6-12,15,17,21,23,32-35,37-40H,3,13-14,16H2,1-2,4-5H3/t21-,23-,24+,25+,26+,27+,28-,29-,30+,31-/m1/s1. The van der Waals surface area contributed by atoms with Crippen molar-refractivity contribution in [3.63, 3.8) is 0 Å². The molecule has 1 aromatic heterocycles. The average molecular weight is 598 g/mol. The molecule has 4 saturated heterocycles. The molecule has 1 saturated carbocycles. The summed E-state index contributed by atoms with van der Waals surface area (Å²) in [5.74, 6) is -6.78. The van der Waals surface area contributed by atoms with Crippen LogP contribution >= 0.6 is 0 Å². The van der Waals surface area contributed by atoms with E-state index in [0.717, 1.165) is 0 Å². The van der Waals surface area contributed by atoms with Gasteiger partial charge in [-0.15, -0.1) is 0 Å². The third-order valence-corrected chi connectivity index (χ3v) is 11.8. The van der Waals surface area contributed by atoms with Crippen molar-refractivity contribution in [1.82, 2.24) is 10.4 Å². The van der Waals surface area contributed by atoms with Crippen LogP contribution in [0.3, 0.4) is 0 Å². The monoisotopic (exact) mass is 597 g/mol. The Morgan fingerprint density at radius 2 is 1.79 bits per heavy atom. The molecule has 12 nitrogen and oxygen atoms in total. The van der Waals surface area contributed by atoms with E-state index in [1.807, 2.05) is 6.07 Å². The maximum atomic E-state index is 13.7. The molecule has 0 unspecified atom stereocenters. The SMILES string of the molecule is C=C1CC[C@]2(O)[C@]3(C)C[C@]4(O)O[C@@]2([C@@H]1O)[C@]1(O)O[C@@]3(NNc2ccccc2)[C@H](OC(=O)c2ccc[nH]2)[C@](O)(C(C)C)[C@@]14C. The summed E-state index contributed by atoms with van der Waals surface area (Å²) in [4.78, 5) is 16.5. The molecule has 5 fully saturated rings. The van der Waals surface area contributed by atoms with Crippen LogP contribution in [0, 0.1) is 16.7 Å². The molecule has 43 heavy (non-hydrogen) atoms. The van der Waals surface area contributed by atoms with E-state index in [2.05, 4.69) is 22.4 Å². The van der Waals surface area contributed by atoms with Crippen LogP contribution in [0.2, 0.25) is 0 Å².